The van der Waals surface area contributed by atoms with E-state index in [0.717, 1.165) is 68.0 Å². The molecule has 3 amide bonds. The van der Waals surface area contributed by atoms with Crippen LogP contribution in [-0.2, 0) is 27.3 Å². The number of imidazole rings is 1. The average molecular weight is 651 g/mol. The van der Waals surface area contributed by atoms with Gasteiger partial charge in [0.15, 0.2) is 0 Å². The molecule has 1 unspecified atom stereocenters. The molecule has 2 bridgehead atoms. The summed E-state index contributed by atoms with van der Waals surface area (Å²) in [5.41, 5.74) is 4.29. The number of anilines is 1. The fourth-order valence-electron chi connectivity index (χ4n) is 8.61. The molecule has 5 heterocycles. The Hall–Kier alpha value is -2.91. The van der Waals surface area contributed by atoms with Crippen LogP contribution in [0, 0.1) is 19.8 Å². The number of carbonyl (C=O) groups is 3. The van der Waals surface area contributed by atoms with Gasteiger partial charge in [-0.15, -0.1) is 0 Å². The lowest BCUT2D eigenvalue weighted by molar-refractivity contribution is -0.135. The lowest BCUT2D eigenvalue weighted by Crippen LogP contribution is -2.47. The SMILES string of the molecule is CCCC(=O)N1CCC(C(=O)N(CCCN2[C@@H]3CC[C@H]2CC(n2c(C)nc4c2CCN(C(C)=O)C4)C3)c2ccc(C)c(Cl)c2)CC1. The molecule has 0 N–H and O–H groups in total. The van der Waals surface area contributed by atoms with Crippen LogP contribution in [-0.4, -0.2) is 86.8 Å². The quantitative estimate of drug-likeness (QED) is 0.349. The van der Waals surface area contributed by atoms with Gasteiger partial charge in [-0.3, -0.25) is 19.3 Å². The number of halogens is 1. The first-order valence-corrected chi connectivity index (χ1v) is 18.0. The maximum absolute atomic E-state index is 14.0. The number of amides is 3. The Morgan fingerprint density at radius 1 is 0.978 bits per heavy atom. The molecule has 0 saturated carbocycles. The second-order valence-electron chi connectivity index (χ2n) is 14.0. The molecule has 0 radical (unpaired) electrons. The Kier molecular flexibility index (Phi) is 10.1. The normalized spacial score (nSPS) is 23.5. The predicted octanol–water partition coefficient (Wildman–Crippen LogP) is 5.69. The van der Waals surface area contributed by atoms with E-state index in [2.05, 4.69) is 16.4 Å². The molecule has 1 aromatic carbocycles. The van der Waals surface area contributed by atoms with Gasteiger partial charge in [0.25, 0.3) is 0 Å². The number of aryl methyl sites for hydroxylation is 2. The van der Waals surface area contributed by atoms with Crippen molar-refractivity contribution < 1.29 is 14.4 Å². The number of likely N-dealkylation sites (tertiary alicyclic amines) is 1. The smallest absolute Gasteiger partial charge is 0.230 e. The van der Waals surface area contributed by atoms with Crippen LogP contribution in [0.15, 0.2) is 18.2 Å². The highest BCUT2D eigenvalue weighted by atomic mass is 35.5. The molecule has 6 rings (SSSR count). The molecule has 250 valence electrons. The molecule has 4 aliphatic rings. The van der Waals surface area contributed by atoms with Crippen LogP contribution >= 0.6 is 11.6 Å². The number of rotatable bonds is 9. The van der Waals surface area contributed by atoms with Gasteiger partial charge in [0, 0.05) is 92.9 Å². The molecular weight excluding hydrogens is 600 g/mol. The number of aromatic nitrogens is 2. The van der Waals surface area contributed by atoms with Crippen LogP contribution in [0.1, 0.15) is 100 Å². The van der Waals surface area contributed by atoms with Crippen molar-refractivity contribution >= 4 is 35.0 Å². The minimum atomic E-state index is -0.0791. The summed E-state index contributed by atoms with van der Waals surface area (Å²) < 4.78 is 2.51. The van der Waals surface area contributed by atoms with E-state index in [9.17, 15) is 14.4 Å². The van der Waals surface area contributed by atoms with E-state index in [1.807, 2.05) is 46.7 Å². The highest BCUT2D eigenvalue weighted by molar-refractivity contribution is 6.31. The van der Waals surface area contributed by atoms with E-state index in [-0.39, 0.29) is 23.6 Å². The average Bonchev–Trinajstić information content (AvgIpc) is 3.49. The molecule has 0 aliphatic carbocycles. The van der Waals surface area contributed by atoms with Crippen molar-refractivity contribution in [2.24, 2.45) is 5.92 Å². The second kappa shape index (κ2) is 14.1. The van der Waals surface area contributed by atoms with Crippen molar-refractivity contribution in [3.8, 4) is 0 Å². The van der Waals surface area contributed by atoms with Gasteiger partial charge in [-0.25, -0.2) is 4.98 Å². The number of fused-ring (bicyclic) bond motifs is 3. The zero-order valence-electron chi connectivity index (χ0n) is 28.1. The summed E-state index contributed by atoms with van der Waals surface area (Å²) in [6, 6.07) is 7.51. The number of hydrogen-bond acceptors (Lipinski definition) is 5. The third kappa shape index (κ3) is 6.73. The maximum atomic E-state index is 14.0. The fraction of sp³-hybridized carbons (Fsp3) is 0.667. The van der Waals surface area contributed by atoms with Gasteiger partial charge in [-0.05, 0) is 82.9 Å². The Labute approximate surface area is 279 Å². The van der Waals surface area contributed by atoms with E-state index in [0.29, 0.717) is 68.6 Å². The fourth-order valence-corrected chi connectivity index (χ4v) is 8.79. The summed E-state index contributed by atoms with van der Waals surface area (Å²) >= 11 is 6.55. The van der Waals surface area contributed by atoms with Gasteiger partial charge in [0.1, 0.15) is 5.82 Å². The van der Waals surface area contributed by atoms with E-state index < -0.39 is 0 Å². The predicted molar refractivity (Wildman–Crippen MR) is 181 cm³/mol. The summed E-state index contributed by atoms with van der Waals surface area (Å²) in [6.07, 6.45) is 9.35. The summed E-state index contributed by atoms with van der Waals surface area (Å²) in [5, 5.41) is 0.682. The number of piperidine rings is 2. The van der Waals surface area contributed by atoms with Gasteiger partial charge >= 0.3 is 0 Å². The van der Waals surface area contributed by atoms with Crippen LogP contribution in [0.3, 0.4) is 0 Å². The Bertz CT molecular complexity index is 1440. The standard InChI is InChI=1S/C36H51ClN6O3/c1-5-7-35(45)39-17-12-27(13-18-39)36(46)42(30-9-8-24(2)32(37)22-30)16-6-15-41-28-10-11-29(41)21-31(20-28)43-25(3)38-33-23-40(26(4)44)19-14-34(33)43/h8-9,22,27-29,31H,5-7,10-21,23H2,1-4H3/t28-,29+,31?. The molecule has 10 heteroatoms. The molecule has 2 aromatic rings. The van der Waals surface area contributed by atoms with Crippen molar-refractivity contribution in [3.05, 3.63) is 46.0 Å². The van der Waals surface area contributed by atoms with Crippen LogP contribution in [0.4, 0.5) is 5.69 Å². The second-order valence-corrected chi connectivity index (χ2v) is 14.5. The molecule has 3 fully saturated rings. The minimum Gasteiger partial charge on any atom is -0.343 e. The number of carbonyl (C=O) groups excluding carboxylic acids is 3. The van der Waals surface area contributed by atoms with Crippen molar-refractivity contribution in [3.63, 3.8) is 0 Å². The molecule has 46 heavy (non-hydrogen) atoms. The Balaban J connectivity index is 1.10. The topological polar surface area (TPSA) is 82.0 Å². The van der Waals surface area contributed by atoms with E-state index >= 15 is 0 Å². The third-order valence-corrected chi connectivity index (χ3v) is 11.5. The van der Waals surface area contributed by atoms with Crippen LogP contribution < -0.4 is 4.90 Å². The summed E-state index contributed by atoms with van der Waals surface area (Å²) in [4.78, 5) is 51.9. The van der Waals surface area contributed by atoms with Gasteiger partial charge in [0.05, 0.1) is 12.2 Å². The Morgan fingerprint density at radius 3 is 2.35 bits per heavy atom. The number of hydrogen-bond donors (Lipinski definition) is 0. The summed E-state index contributed by atoms with van der Waals surface area (Å²) in [5.74, 6) is 1.49. The van der Waals surface area contributed by atoms with Gasteiger partial charge in [-0.2, -0.15) is 0 Å². The first-order chi connectivity index (χ1) is 22.1. The molecule has 9 nitrogen and oxygen atoms in total. The van der Waals surface area contributed by atoms with Crippen molar-refractivity contribution in [2.75, 3.05) is 37.6 Å². The number of benzene rings is 1. The van der Waals surface area contributed by atoms with E-state index in [4.69, 9.17) is 16.6 Å². The van der Waals surface area contributed by atoms with Crippen molar-refractivity contribution in [2.45, 2.75) is 117 Å². The Morgan fingerprint density at radius 2 is 1.70 bits per heavy atom. The van der Waals surface area contributed by atoms with Crippen molar-refractivity contribution in [1.29, 1.82) is 0 Å². The lowest BCUT2D eigenvalue weighted by atomic mass is 9.94. The monoisotopic (exact) mass is 650 g/mol. The maximum Gasteiger partial charge on any atom is 0.230 e. The zero-order valence-corrected chi connectivity index (χ0v) is 28.9. The highest BCUT2D eigenvalue weighted by Gasteiger charge is 2.42. The molecular formula is C36H51ClN6O3. The first kappa shape index (κ1) is 33.0. The van der Waals surface area contributed by atoms with Crippen molar-refractivity contribution in [1.82, 2.24) is 24.3 Å². The third-order valence-electron chi connectivity index (χ3n) is 11.1. The van der Waals surface area contributed by atoms with Crippen LogP contribution in [0.2, 0.25) is 5.02 Å². The first-order valence-electron chi connectivity index (χ1n) is 17.6. The molecule has 0 spiro atoms. The summed E-state index contributed by atoms with van der Waals surface area (Å²) in [6.45, 7) is 12.1. The van der Waals surface area contributed by atoms with Gasteiger partial charge in [0.2, 0.25) is 17.7 Å². The van der Waals surface area contributed by atoms with E-state index in [1.54, 1.807) is 6.92 Å². The molecule has 3 atom stereocenters. The van der Waals surface area contributed by atoms with Gasteiger partial charge < -0.3 is 19.3 Å². The minimum absolute atomic E-state index is 0.0791. The summed E-state index contributed by atoms with van der Waals surface area (Å²) in [7, 11) is 0. The molecule has 4 aliphatic heterocycles. The van der Waals surface area contributed by atoms with Crippen LogP contribution in [0.5, 0.6) is 0 Å². The van der Waals surface area contributed by atoms with Gasteiger partial charge in [-0.1, -0.05) is 24.6 Å². The molecule has 1 aromatic heterocycles. The van der Waals surface area contributed by atoms with Crippen LogP contribution in [0.25, 0.3) is 0 Å². The lowest BCUT2D eigenvalue weighted by Gasteiger charge is -2.41. The molecule has 3 saturated heterocycles. The van der Waals surface area contributed by atoms with E-state index in [1.165, 1.54) is 18.5 Å². The zero-order chi connectivity index (χ0) is 32.5. The highest BCUT2D eigenvalue weighted by Crippen LogP contribution is 2.42. The number of nitrogens with zero attached hydrogens (tertiary/aromatic N) is 6. The largest absolute Gasteiger partial charge is 0.343 e.